The van der Waals surface area contributed by atoms with E-state index in [0.29, 0.717) is 11.1 Å². The summed E-state index contributed by atoms with van der Waals surface area (Å²) < 4.78 is 0. The normalized spacial score (nSPS) is 10.6. The summed E-state index contributed by atoms with van der Waals surface area (Å²) in [6.45, 7) is 4.05. The van der Waals surface area contributed by atoms with Gasteiger partial charge >= 0.3 is 0 Å². The van der Waals surface area contributed by atoms with Gasteiger partial charge in [-0.2, -0.15) is 0 Å². The summed E-state index contributed by atoms with van der Waals surface area (Å²) in [5, 5.41) is 4.44. The van der Waals surface area contributed by atoms with Crippen LogP contribution in [-0.2, 0) is 0 Å². The minimum atomic E-state index is 0.448. The van der Waals surface area contributed by atoms with Crippen LogP contribution >= 0.6 is 22.9 Å². The first-order valence-electron chi connectivity index (χ1n) is 6.28. The molecule has 7 heteroatoms. The molecule has 21 heavy (non-hydrogen) atoms. The van der Waals surface area contributed by atoms with Crippen molar-refractivity contribution in [1.82, 2.24) is 19.9 Å². The standard InChI is InChI=1S/C14H12ClN5S/c1-8-9(2)21-13(18-8)11-5-6-16-14(20-11)19-10-3-4-12(15)17-7-10/h3-7H,1-2H3,(H,16,19,20). The Morgan fingerprint density at radius 3 is 2.62 bits per heavy atom. The Morgan fingerprint density at radius 1 is 1.10 bits per heavy atom. The molecule has 3 aromatic heterocycles. The molecule has 1 N–H and O–H groups in total. The highest BCUT2D eigenvalue weighted by molar-refractivity contribution is 7.15. The maximum absolute atomic E-state index is 5.76. The Labute approximate surface area is 131 Å². The van der Waals surface area contributed by atoms with E-state index < -0.39 is 0 Å². The van der Waals surface area contributed by atoms with Crippen LogP contribution in [0.4, 0.5) is 11.6 Å². The number of hydrogen-bond donors (Lipinski definition) is 1. The van der Waals surface area contributed by atoms with Gasteiger partial charge in [-0.1, -0.05) is 11.6 Å². The van der Waals surface area contributed by atoms with E-state index in [1.54, 1.807) is 29.8 Å². The minimum absolute atomic E-state index is 0.448. The average molecular weight is 318 g/mol. The Kier molecular flexibility index (Phi) is 3.81. The molecule has 0 radical (unpaired) electrons. The Balaban J connectivity index is 1.87. The number of aryl methyl sites for hydroxylation is 2. The molecule has 0 aliphatic carbocycles. The molecule has 0 spiro atoms. The van der Waals surface area contributed by atoms with Crippen molar-refractivity contribution in [2.45, 2.75) is 13.8 Å². The lowest BCUT2D eigenvalue weighted by molar-refractivity contribution is 1.15. The third-order valence-corrected chi connectivity index (χ3v) is 4.21. The zero-order chi connectivity index (χ0) is 14.8. The van der Waals surface area contributed by atoms with E-state index in [-0.39, 0.29) is 0 Å². The number of pyridine rings is 1. The van der Waals surface area contributed by atoms with Gasteiger partial charge in [-0.3, -0.25) is 0 Å². The monoisotopic (exact) mass is 317 g/mol. The molecule has 0 saturated heterocycles. The van der Waals surface area contributed by atoms with Gasteiger partial charge in [0.25, 0.3) is 0 Å². The summed E-state index contributed by atoms with van der Waals surface area (Å²) in [5.74, 6) is 0.502. The second-order valence-electron chi connectivity index (χ2n) is 4.42. The van der Waals surface area contributed by atoms with Crippen LogP contribution in [0, 0.1) is 13.8 Å². The number of thiazole rings is 1. The quantitative estimate of drug-likeness (QED) is 0.739. The number of anilines is 2. The summed E-state index contributed by atoms with van der Waals surface area (Å²) >= 11 is 7.39. The van der Waals surface area contributed by atoms with Crippen LogP contribution in [0.1, 0.15) is 10.6 Å². The third-order valence-electron chi connectivity index (χ3n) is 2.89. The highest BCUT2D eigenvalue weighted by Crippen LogP contribution is 2.26. The molecular weight excluding hydrogens is 306 g/mol. The van der Waals surface area contributed by atoms with Crippen molar-refractivity contribution in [3.63, 3.8) is 0 Å². The van der Waals surface area contributed by atoms with Gasteiger partial charge in [0.05, 0.1) is 17.6 Å². The molecule has 0 saturated carbocycles. The number of halogens is 1. The van der Waals surface area contributed by atoms with Crippen LogP contribution in [0.25, 0.3) is 10.7 Å². The van der Waals surface area contributed by atoms with Crippen LogP contribution in [-0.4, -0.2) is 19.9 Å². The highest BCUT2D eigenvalue weighted by Gasteiger charge is 2.09. The summed E-state index contributed by atoms with van der Waals surface area (Å²) in [5.41, 5.74) is 2.61. The van der Waals surface area contributed by atoms with Gasteiger partial charge in [-0.15, -0.1) is 11.3 Å². The van der Waals surface area contributed by atoms with E-state index in [9.17, 15) is 0 Å². The maximum Gasteiger partial charge on any atom is 0.227 e. The lowest BCUT2D eigenvalue weighted by Crippen LogP contribution is -1.98. The molecule has 0 aliphatic rings. The van der Waals surface area contributed by atoms with Gasteiger partial charge in [0.2, 0.25) is 5.95 Å². The molecule has 0 aromatic carbocycles. The molecule has 0 aliphatic heterocycles. The molecule has 0 atom stereocenters. The molecule has 0 fully saturated rings. The Morgan fingerprint density at radius 2 is 1.95 bits per heavy atom. The number of aromatic nitrogens is 4. The molecule has 5 nitrogen and oxygen atoms in total. The summed E-state index contributed by atoms with van der Waals surface area (Å²) in [6.07, 6.45) is 3.34. The maximum atomic E-state index is 5.76. The fourth-order valence-electron chi connectivity index (χ4n) is 1.70. The molecule has 0 unspecified atom stereocenters. The fourth-order valence-corrected chi connectivity index (χ4v) is 2.70. The second-order valence-corrected chi connectivity index (χ2v) is 6.01. The van der Waals surface area contributed by atoms with Crippen molar-refractivity contribution < 1.29 is 0 Å². The fraction of sp³-hybridized carbons (Fsp3) is 0.143. The van der Waals surface area contributed by atoms with E-state index in [0.717, 1.165) is 22.1 Å². The average Bonchev–Trinajstić information content (AvgIpc) is 2.82. The predicted molar refractivity (Wildman–Crippen MR) is 85.1 cm³/mol. The van der Waals surface area contributed by atoms with Crippen molar-refractivity contribution in [2.75, 3.05) is 5.32 Å². The van der Waals surface area contributed by atoms with Crippen LogP contribution in [0.5, 0.6) is 0 Å². The number of nitrogens with one attached hydrogen (secondary N) is 1. The number of rotatable bonds is 3. The molecular formula is C14H12ClN5S. The van der Waals surface area contributed by atoms with Crippen molar-refractivity contribution >= 4 is 34.6 Å². The predicted octanol–water partition coefficient (Wildman–Crippen LogP) is 4.01. The molecule has 106 valence electrons. The smallest absolute Gasteiger partial charge is 0.227 e. The SMILES string of the molecule is Cc1nc(-c2ccnc(Nc3ccc(Cl)nc3)n2)sc1C. The molecule has 3 heterocycles. The zero-order valence-corrected chi connectivity index (χ0v) is 13.0. The summed E-state index contributed by atoms with van der Waals surface area (Å²) in [7, 11) is 0. The van der Waals surface area contributed by atoms with Crippen LogP contribution in [0.15, 0.2) is 30.6 Å². The third kappa shape index (κ3) is 3.17. The first-order valence-corrected chi connectivity index (χ1v) is 7.47. The number of hydrogen-bond acceptors (Lipinski definition) is 6. The molecule has 0 bridgehead atoms. The van der Waals surface area contributed by atoms with Crippen LogP contribution in [0.2, 0.25) is 5.15 Å². The summed E-state index contributed by atoms with van der Waals surface area (Å²) in [4.78, 5) is 18.4. The van der Waals surface area contributed by atoms with Crippen molar-refractivity contribution in [3.8, 4) is 10.7 Å². The highest BCUT2D eigenvalue weighted by atomic mass is 35.5. The van der Waals surface area contributed by atoms with Crippen molar-refractivity contribution in [1.29, 1.82) is 0 Å². The van der Waals surface area contributed by atoms with Gasteiger partial charge in [-0.05, 0) is 32.0 Å². The molecule has 0 amide bonds. The largest absolute Gasteiger partial charge is 0.323 e. The van der Waals surface area contributed by atoms with E-state index in [1.807, 2.05) is 19.1 Å². The zero-order valence-electron chi connectivity index (χ0n) is 11.5. The summed E-state index contributed by atoms with van der Waals surface area (Å²) in [6, 6.07) is 5.38. The minimum Gasteiger partial charge on any atom is -0.323 e. The second kappa shape index (κ2) is 5.75. The van der Waals surface area contributed by atoms with E-state index >= 15 is 0 Å². The van der Waals surface area contributed by atoms with Gasteiger partial charge in [0.1, 0.15) is 15.9 Å². The van der Waals surface area contributed by atoms with E-state index in [4.69, 9.17) is 11.6 Å². The topological polar surface area (TPSA) is 63.6 Å². The Bertz CT molecular complexity index is 750. The van der Waals surface area contributed by atoms with Gasteiger partial charge in [0.15, 0.2) is 0 Å². The first kappa shape index (κ1) is 13.9. The van der Waals surface area contributed by atoms with Crippen LogP contribution < -0.4 is 5.32 Å². The molecule has 3 aromatic rings. The number of nitrogens with zero attached hydrogens (tertiary/aromatic N) is 4. The van der Waals surface area contributed by atoms with Gasteiger partial charge in [-0.25, -0.2) is 19.9 Å². The lowest BCUT2D eigenvalue weighted by atomic mass is 10.4. The van der Waals surface area contributed by atoms with E-state index in [1.165, 1.54) is 4.88 Å². The van der Waals surface area contributed by atoms with Gasteiger partial charge < -0.3 is 5.32 Å². The van der Waals surface area contributed by atoms with E-state index in [2.05, 4.69) is 32.2 Å². The van der Waals surface area contributed by atoms with Gasteiger partial charge in [0, 0.05) is 11.1 Å². The molecule has 3 rings (SSSR count). The first-order chi connectivity index (χ1) is 10.1. The van der Waals surface area contributed by atoms with Crippen molar-refractivity contribution in [2.24, 2.45) is 0 Å². The Hall–Kier alpha value is -2.05. The van der Waals surface area contributed by atoms with Crippen molar-refractivity contribution in [3.05, 3.63) is 46.3 Å². The lowest BCUT2D eigenvalue weighted by Gasteiger charge is -2.04. The van der Waals surface area contributed by atoms with Crippen LogP contribution in [0.3, 0.4) is 0 Å².